The largest absolute Gasteiger partial charge is 0.494 e. The van der Waals surface area contributed by atoms with Gasteiger partial charge in [-0.15, -0.1) is 0 Å². The van der Waals surface area contributed by atoms with Crippen LogP contribution in [-0.4, -0.2) is 19.6 Å². The summed E-state index contributed by atoms with van der Waals surface area (Å²) in [6, 6.07) is 12.5. The van der Waals surface area contributed by atoms with E-state index in [1.807, 2.05) is 31.2 Å². The Morgan fingerprint density at radius 2 is 1.90 bits per heavy atom. The third-order valence-electron chi connectivity index (χ3n) is 2.89. The van der Waals surface area contributed by atoms with Crippen molar-refractivity contribution in [3.63, 3.8) is 0 Å². The lowest BCUT2D eigenvalue weighted by atomic mass is 10.2. The number of benzene rings is 2. The number of hydrogen-bond acceptors (Lipinski definition) is 4. The number of amides is 1. The summed E-state index contributed by atoms with van der Waals surface area (Å²) in [5, 5.41) is 2.73. The van der Waals surface area contributed by atoms with Crippen LogP contribution < -0.4 is 20.5 Å². The molecule has 0 aliphatic heterocycles. The molecule has 0 fully saturated rings. The molecule has 0 saturated carbocycles. The molecule has 2 aromatic carbocycles. The van der Waals surface area contributed by atoms with E-state index in [9.17, 15) is 4.79 Å². The van der Waals surface area contributed by atoms with E-state index in [2.05, 4.69) is 5.32 Å². The van der Waals surface area contributed by atoms with Crippen LogP contribution in [0.1, 0.15) is 5.56 Å². The minimum atomic E-state index is -0.265. The molecule has 0 radical (unpaired) electrons. The summed E-state index contributed by atoms with van der Waals surface area (Å²) < 4.78 is 10.6. The maximum absolute atomic E-state index is 11.9. The van der Waals surface area contributed by atoms with E-state index in [1.165, 1.54) is 7.11 Å². The van der Waals surface area contributed by atoms with Crippen molar-refractivity contribution in [3.8, 4) is 11.5 Å². The number of ether oxygens (including phenoxy) is 2. The predicted octanol–water partition coefficient (Wildman–Crippen LogP) is 2.60. The number of carbonyl (C=O) groups excluding carboxylic acids is 1. The second kappa shape index (κ2) is 6.65. The minimum Gasteiger partial charge on any atom is -0.494 e. The highest BCUT2D eigenvalue weighted by Gasteiger charge is 2.08. The molecular formula is C16H18N2O3. The van der Waals surface area contributed by atoms with Crippen LogP contribution in [0.3, 0.4) is 0 Å². The van der Waals surface area contributed by atoms with Gasteiger partial charge in [0.2, 0.25) is 0 Å². The minimum absolute atomic E-state index is 0.0728. The SMILES string of the molecule is COc1cc(N)ccc1NC(=O)COc1ccc(C)cc1. The Labute approximate surface area is 123 Å². The number of nitrogens with one attached hydrogen (secondary N) is 1. The topological polar surface area (TPSA) is 73.6 Å². The van der Waals surface area contributed by atoms with Crippen molar-refractivity contribution in [1.29, 1.82) is 0 Å². The molecule has 0 atom stereocenters. The van der Waals surface area contributed by atoms with Gasteiger partial charge in [0, 0.05) is 11.8 Å². The molecule has 2 rings (SSSR count). The van der Waals surface area contributed by atoms with Crippen LogP contribution in [0.4, 0.5) is 11.4 Å². The van der Waals surface area contributed by atoms with Crippen LogP contribution >= 0.6 is 0 Å². The number of anilines is 2. The lowest BCUT2D eigenvalue weighted by molar-refractivity contribution is -0.118. The number of carbonyl (C=O) groups is 1. The van der Waals surface area contributed by atoms with Gasteiger partial charge in [0.05, 0.1) is 12.8 Å². The van der Waals surface area contributed by atoms with E-state index in [-0.39, 0.29) is 12.5 Å². The van der Waals surface area contributed by atoms with Crippen LogP contribution in [0.25, 0.3) is 0 Å². The molecule has 0 bridgehead atoms. The van der Waals surface area contributed by atoms with Gasteiger partial charge < -0.3 is 20.5 Å². The maximum Gasteiger partial charge on any atom is 0.262 e. The number of rotatable bonds is 5. The molecule has 5 heteroatoms. The second-order valence-electron chi connectivity index (χ2n) is 4.61. The van der Waals surface area contributed by atoms with E-state index >= 15 is 0 Å². The van der Waals surface area contributed by atoms with Gasteiger partial charge in [-0.3, -0.25) is 4.79 Å². The fourth-order valence-electron chi connectivity index (χ4n) is 1.78. The zero-order chi connectivity index (χ0) is 15.2. The Hall–Kier alpha value is -2.69. The molecule has 0 spiro atoms. The monoisotopic (exact) mass is 286 g/mol. The summed E-state index contributed by atoms with van der Waals surface area (Å²) in [4.78, 5) is 11.9. The molecule has 0 heterocycles. The summed E-state index contributed by atoms with van der Waals surface area (Å²) in [5.41, 5.74) is 7.93. The highest BCUT2D eigenvalue weighted by atomic mass is 16.5. The zero-order valence-electron chi connectivity index (χ0n) is 12.1. The quantitative estimate of drug-likeness (QED) is 0.829. The molecule has 0 aromatic heterocycles. The lowest BCUT2D eigenvalue weighted by Gasteiger charge is -2.11. The van der Waals surface area contributed by atoms with Gasteiger partial charge in [0.1, 0.15) is 11.5 Å². The number of hydrogen-bond donors (Lipinski definition) is 2. The summed E-state index contributed by atoms with van der Waals surface area (Å²) in [6.07, 6.45) is 0. The van der Waals surface area contributed by atoms with Crippen LogP contribution in [0.15, 0.2) is 42.5 Å². The van der Waals surface area contributed by atoms with E-state index in [0.717, 1.165) is 5.56 Å². The second-order valence-corrected chi connectivity index (χ2v) is 4.61. The smallest absolute Gasteiger partial charge is 0.262 e. The van der Waals surface area contributed by atoms with E-state index in [4.69, 9.17) is 15.2 Å². The molecule has 5 nitrogen and oxygen atoms in total. The molecule has 2 aromatic rings. The fourth-order valence-corrected chi connectivity index (χ4v) is 1.78. The number of nitrogens with two attached hydrogens (primary N) is 1. The molecule has 110 valence electrons. The molecular weight excluding hydrogens is 268 g/mol. The molecule has 1 amide bonds. The van der Waals surface area contributed by atoms with E-state index < -0.39 is 0 Å². The molecule has 0 aliphatic rings. The zero-order valence-corrected chi connectivity index (χ0v) is 12.1. The first kappa shape index (κ1) is 14.7. The van der Waals surface area contributed by atoms with E-state index in [1.54, 1.807) is 18.2 Å². The normalized spacial score (nSPS) is 10.0. The summed E-state index contributed by atoms with van der Waals surface area (Å²) >= 11 is 0. The van der Waals surface area contributed by atoms with Gasteiger partial charge in [0.25, 0.3) is 5.91 Å². The van der Waals surface area contributed by atoms with Gasteiger partial charge in [-0.1, -0.05) is 17.7 Å². The standard InChI is InChI=1S/C16H18N2O3/c1-11-3-6-13(7-4-11)21-10-16(19)18-14-8-5-12(17)9-15(14)20-2/h3-9H,10,17H2,1-2H3,(H,18,19). The first-order valence-corrected chi connectivity index (χ1v) is 6.51. The molecule has 0 saturated heterocycles. The highest BCUT2D eigenvalue weighted by molar-refractivity contribution is 5.93. The van der Waals surface area contributed by atoms with Crippen molar-refractivity contribution in [2.75, 3.05) is 24.8 Å². The Balaban J connectivity index is 1.94. The van der Waals surface area contributed by atoms with Crippen molar-refractivity contribution < 1.29 is 14.3 Å². The van der Waals surface area contributed by atoms with E-state index in [0.29, 0.717) is 22.9 Å². The first-order chi connectivity index (χ1) is 10.1. The molecule has 21 heavy (non-hydrogen) atoms. The van der Waals surface area contributed by atoms with Crippen LogP contribution in [0.5, 0.6) is 11.5 Å². The third-order valence-corrected chi connectivity index (χ3v) is 2.89. The first-order valence-electron chi connectivity index (χ1n) is 6.51. The summed E-state index contributed by atoms with van der Waals surface area (Å²) in [7, 11) is 1.52. The van der Waals surface area contributed by atoms with Gasteiger partial charge in [0.15, 0.2) is 6.61 Å². The number of methoxy groups -OCH3 is 1. The summed E-state index contributed by atoms with van der Waals surface area (Å²) in [5.74, 6) is 0.900. The van der Waals surface area contributed by atoms with Gasteiger partial charge in [-0.25, -0.2) is 0 Å². The Bertz CT molecular complexity index is 624. The lowest BCUT2D eigenvalue weighted by Crippen LogP contribution is -2.20. The summed E-state index contributed by atoms with van der Waals surface area (Å²) in [6.45, 7) is 1.92. The Morgan fingerprint density at radius 1 is 1.19 bits per heavy atom. The third kappa shape index (κ3) is 4.14. The van der Waals surface area contributed by atoms with Gasteiger partial charge in [-0.05, 0) is 31.2 Å². The number of aryl methyl sites for hydroxylation is 1. The molecule has 0 aliphatic carbocycles. The Kier molecular flexibility index (Phi) is 4.66. The average molecular weight is 286 g/mol. The van der Waals surface area contributed by atoms with Crippen molar-refractivity contribution in [1.82, 2.24) is 0 Å². The predicted molar refractivity (Wildman–Crippen MR) is 82.7 cm³/mol. The van der Waals surface area contributed by atoms with Gasteiger partial charge >= 0.3 is 0 Å². The van der Waals surface area contributed by atoms with Gasteiger partial charge in [-0.2, -0.15) is 0 Å². The van der Waals surface area contributed by atoms with Crippen molar-refractivity contribution in [2.24, 2.45) is 0 Å². The van der Waals surface area contributed by atoms with Crippen molar-refractivity contribution in [3.05, 3.63) is 48.0 Å². The van der Waals surface area contributed by atoms with Crippen LogP contribution in [0, 0.1) is 6.92 Å². The van der Waals surface area contributed by atoms with Crippen molar-refractivity contribution in [2.45, 2.75) is 6.92 Å². The molecule has 0 unspecified atom stereocenters. The Morgan fingerprint density at radius 3 is 2.57 bits per heavy atom. The maximum atomic E-state index is 11.9. The van der Waals surface area contributed by atoms with Crippen molar-refractivity contribution >= 4 is 17.3 Å². The van der Waals surface area contributed by atoms with Crippen LogP contribution in [0.2, 0.25) is 0 Å². The van der Waals surface area contributed by atoms with Crippen LogP contribution in [-0.2, 0) is 4.79 Å². The fraction of sp³-hybridized carbons (Fsp3) is 0.188. The highest BCUT2D eigenvalue weighted by Crippen LogP contribution is 2.26. The number of nitrogen functional groups attached to an aromatic ring is 1. The average Bonchev–Trinajstić information content (AvgIpc) is 2.48. The molecule has 3 N–H and O–H groups in total.